The van der Waals surface area contributed by atoms with Crippen molar-refractivity contribution in [2.45, 2.75) is 19.9 Å². The zero-order chi connectivity index (χ0) is 13.1. The van der Waals surface area contributed by atoms with E-state index in [0.29, 0.717) is 4.88 Å². The summed E-state index contributed by atoms with van der Waals surface area (Å²) in [7, 11) is 0. The fourth-order valence-electron chi connectivity index (χ4n) is 1.52. The van der Waals surface area contributed by atoms with Gasteiger partial charge in [-0.1, -0.05) is 6.92 Å². The average Bonchev–Trinajstić information content (AvgIpc) is 2.81. The molecule has 0 saturated heterocycles. The van der Waals surface area contributed by atoms with Crippen LogP contribution in [0.3, 0.4) is 0 Å². The lowest BCUT2D eigenvalue weighted by molar-refractivity contribution is 0.0974. The molecule has 94 valence electrons. The molecule has 1 N–H and O–H groups in total. The van der Waals surface area contributed by atoms with Gasteiger partial charge in [0.2, 0.25) is 0 Å². The number of aromatic amines is 1. The van der Waals surface area contributed by atoms with E-state index in [9.17, 15) is 14.4 Å². The highest BCUT2D eigenvalue weighted by atomic mass is 32.1. The van der Waals surface area contributed by atoms with Crippen molar-refractivity contribution in [3.63, 3.8) is 0 Å². The first-order valence-electron chi connectivity index (χ1n) is 5.52. The number of thiophene rings is 1. The van der Waals surface area contributed by atoms with Gasteiger partial charge in [0, 0.05) is 17.1 Å². The minimum Gasteiger partial charge on any atom is -0.293 e. The Bertz CT molecular complexity index is 681. The summed E-state index contributed by atoms with van der Waals surface area (Å²) in [5.41, 5.74) is -1.03. The van der Waals surface area contributed by atoms with Gasteiger partial charge in [0.05, 0.1) is 11.4 Å². The van der Waals surface area contributed by atoms with Crippen LogP contribution in [0.15, 0.2) is 34.0 Å². The van der Waals surface area contributed by atoms with Gasteiger partial charge in [-0.2, -0.15) is 0 Å². The lowest BCUT2D eigenvalue weighted by Gasteiger charge is -2.01. The topological polar surface area (TPSA) is 71.9 Å². The molecule has 18 heavy (non-hydrogen) atoms. The summed E-state index contributed by atoms with van der Waals surface area (Å²) in [6, 6.07) is 4.90. The predicted octanol–water partition coefficient (Wildman–Crippen LogP) is 1.04. The van der Waals surface area contributed by atoms with E-state index in [1.165, 1.54) is 28.2 Å². The maximum Gasteiger partial charge on any atom is 0.328 e. The fraction of sp³-hybridized carbons (Fsp3) is 0.250. The maximum atomic E-state index is 11.9. The number of Topliss-reactive ketones (excluding diaryl/α,β-unsaturated/α-hetero) is 1. The van der Waals surface area contributed by atoms with E-state index in [4.69, 9.17) is 0 Å². The first-order valence-corrected chi connectivity index (χ1v) is 6.33. The number of ketones is 1. The zero-order valence-corrected chi connectivity index (χ0v) is 10.6. The molecule has 2 aromatic heterocycles. The number of aryl methyl sites for hydroxylation is 1. The van der Waals surface area contributed by atoms with Crippen LogP contribution in [0.5, 0.6) is 0 Å². The molecule has 0 bridgehead atoms. The number of H-pyrrole nitrogens is 1. The van der Waals surface area contributed by atoms with Gasteiger partial charge in [0.15, 0.2) is 5.78 Å². The Kier molecular flexibility index (Phi) is 3.57. The molecule has 2 rings (SSSR count). The Morgan fingerprint density at radius 1 is 1.33 bits per heavy atom. The molecule has 6 heteroatoms. The Morgan fingerprint density at radius 2 is 2.11 bits per heavy atom. The Hall–Kier alpha value is -1.95. The minimum absolute atomic E-state index is 0.0563. The van der Waals surface area contributed by atoms with E-state index in [0.717, 1.165) is 11.3 Å². The number of nitrogens with one attached hydrogen (secondary N) is 1. The van der Waals surface area contributed by atoms with Crippen molar-refractivity contribution in [2.24, 2.45) is 0 Å². The van der Waals surface area contributed by atoms with Crippen molar-refractivity contribution in [1.29, 1.82) is 0 Å². The third-order valence-corrected chi connectivity index (χ3v) is 3.77. The van der Waals surface area contributed by atoms with Gasteiger partial charge in [-0.25, -0.2) is 4.79 Å². The number of carbonyl (C=O) groups is 1. The SMILES string of the molecule is CCc1ccc(C(=O)Cn2ccc(=O)[nH]c2=O)s1. The summed E-state index contributed by atoms with van der Waals surface area (Å²) < 4.78 is 1.19. The number of nitrogens with zero attached hydrogens (tertiary/aromatic N) is 1. The zero-order valence-electron chi connectivity index (χ0n) is 9.80. The molecule has 0 spiro atoms. The highest BCUT2D eigenvalue weighted by Gasteiger charge is 2.10. The second kappa shape index (κ2) is 5.14. The summed E-state index contributed by atoms with van der Waals surface area (Å²) in [6.45, 7) is 1.96. The van der Waals surface area contributed by atoms with E-state index in [-0.39, 0.29) is 12.3 Å². The van der Waals surface area contributed by atoms with Crippen LogP contribution in [-0.2, 0) is 13.0 Å². The smallest absolute Gasteiger partial charge is 0.293 e. The molecule has 0 aliphatic rings. The standard InChI is InChI=1S/C12H12N2O3S/c1-2-8-3-4-10(18-8)9(15)7-14-6-5-11(16)13-12(14)17/h3-6H,2,7H2,1H3,(H,13,16,17). The Balaban J connectivity index is 2.21. The molecule has 5 nitrogen and oxygen atoms in total. The quantitative estimate of drug-likeness (QED) is 0.839. The van der Waals surface area contributed by atoms with Crippen LogP contribution >= 0.6 is 11.3 Å². The largest absolute Gasteiger partial charge is 0.328 e. The minimum atomic E-state index is -0.567. The number of hydrogen-bond donors (Lipinski definition) is 1. The highest BCUT2D eigenvalue weighted by molar-refractivity contribution is 7.14. The molecular weight excluding hydrogens is 252 g/mol. The molecule has 2 aromatic rings. The highest BCUT2D eigenvalue weighted by Crippen LogP contribution is 2.17. The van der Waals surface area contributed by atoms with Crippen molar-refractivity contribution < 1.29 is 4.79 Å². The van der Waals surface area contributed by atoms with Crippen LogP contribution in [0.25, 0.3) is 0 Å². The number of aromatic nitrogens is 2. The van der Waals surface area contributed by atoms with Gasteiger partial charge in [-0.3, -0.25) is 19.1 Å². The molecule has 0 aliphatic carbocycles. The van der Waals surface area contributed by atoms with Crippen LogP contribution in [0.2, 0.25) is 0 Å². The Morgan fingerprint density at radius 3 is 2.72 bits per heavy atom. The van der Waals surface area contributed by atoms with E-state index in [2.05, 4.69) is 4.98 Å². The average molecular weight is 264 g/mol. The van der Waals surface area contributed by atoms with Gasteiger partial charge >= 0.3 is 5.69 Å². The number of carbonyl (C=O) groups excluding carboxylic acids is 1. The molecule has 0 aliphatic heterocycles. The molecule has 2 heterocycles. The van der Waals surface area contributed by atoms with Crippen molar-refractivity contribution in [3.05, 3.63) is 55.0 Å². The second-order valence-corrected chi connectivity index (χ2v) is 4.95. The van der Waals surface area contributed by atoms with Gasteiger partial charge in [-0.15, -0.1) is 11.3 Å². The van der Waals surface area contributed by atoms with Crippen LogP contribution in [-0.4, -0.2) is 15.3 Å². The second-order valence-electron chi connectivity index (χ2n) is 3.78. The predicted molar refractivity (Wildman–Crippen MR) is 69.4 cm³/mol. The third-order valence-electron chi connectivity index (χ3n) is 2.50. The van der Waals surface area contributed by atoms with Gasteiger partial charge in [0.1, 0.15) is 0 Å². The first-order chi connectivity index (χ1) is 8.60. The molecular formula is C12H12N2O3S. The molecule has 0 atom stereocenters. The van der Waals surface area contributed by atoms with Crippen molar-refractivity contribution >= 4 is 17.1 Å². The molecule has 0 fully saturated rings. The molecule has 0 radical (unpaired) electrons. The summed E-state index contributed by atoms with van der Waals surface area (Å²) in [5.74, 6) is -0.131. The van der Waals surface area contributed by atoms with Crippen molar-refractivity contribution in [2.75, 3.05) is 0 Å². The number of rotatable bonds is 4. The third kappa shape index (κ3) is 2.65. The normalized spacial score (nSPS) is 10.5. The van der Waals surface area contributed by atoms with Crippen LogP contribution < -0.4 is 11.2 Å². The van der Waals surface area contributed by atoms with Gasteiger partial charge < -0.3 is 0 Å². The maximum absolute atomic E-state index is 11.9. The van der Waals surface area contributed by atoms with Crippen molar-refractivity contribution in [1.82, 2.24) is 9.55 Å². The lowest BCUT2D eigenvalue weighted by atomic mass is 10.3. The summed E-state index contributed by atoms with van der Waals surface area (Å²) in [5, 5.41) is 0. The summed E-state index contributed by atoms with van der Waals surface area (Å²) in [6.07, 6.45) is 2.21. The first kappa shape index (κ1) is 12.5. The summed E-state index contributed by atoms with van der Waals surface area (Å²) >= 11 is 1.43. The fourth-order valence-corrected chi connectivity index (χ4v) is 2.40. The van der Waals surface area contributed by atoms with E-state index in [1.54, 1.807) is 6.07 Å². The monoisotopic (exact) mass is 264 g/mol. The molecule has 0 saturated carbocycles. The van der Waals surface area contributed by atoms with Crippen LogP contribution in [0.1, 0.15) is 21.5 Å². The molecule has 0 amide bonds. The van der Waals surface area contributed by atoms with E-state index < -0.39 is 11.2 Å². The molecule has 0 unspecified atom stereocenters. The van der Waals surface area contributed by atoms with E-state index >= 15 is 0 Å². The molecule has 0 aromatic carbocycles. The number of hydrogen-bond acceptors (Lipinski definition) is 4. The van der Waals surface area contributed by atoms with Crippen LogP contribution in [0, 0.1) is 0 Å². The lowest BCUT2D eigenvalue weighted by Crippen LogP contribution is -2.30. The van der Waals surface area contributed by atoms with E-state index in [1.807, 2.05) is 13.0 Å². The Labute approximate surface area is 107 Å². The summed E-state index contributed by atoms with van der Waals surface area (Å²) in [4.78, 5) is 38.1. The van der Waals surface area contributed by atoms with Crippen molar-refractivity contribution in [3.8, 4) is 0 Å². The van der Waals surface area contributed by atoms with Gasteiger partial charge in [0.25, 0.3) is 5.56 Å². The van der Waals surface area contributed by atoms with Gasteiger partial charge in [-0.05, 0) is 18.6 Å². The van der Waals surface area contributed by atoms with Crippen LogP contribution in [0.4, 0.5) is 0 Å².